The molecule has 0 aliphatic rings. The number of nitro benzene ring substituents is 1. The Bertz CT molecular complexity index is 1370. The smallest absolute Gasteiger partial charge is 0.322 e. The largest absolute Gasteiger partial charge is 0.422 e. The summed E-state index contributed by atoms with van der Waals surface area (Å²) in [5, 5.41) is 13.7. The first-order chi connectivity index (χ1) is 17.7. The van der Waals surface area contributed by atoms with Crippen LogP contribution in [0.25, 0.3) is 0 Å². The van der Waals surface area contributed by atoms with Crippen molar-refractivity contribution in [3.05, 3.63) is 93.0 Å². The van der Waals surface area contributed by atoms with Gasteiger partial charge in [0.15, 0.2) is 23.3 Å². The number of alkyl halides is 3. The molecule has 2 amide bonds. The predicted octanol–water partition coefficient (Wildman–Crippen LogP) is 6.54. The van der Waals surface area contributed by atoms with E-state index >= 15 is 0 Å². The summed E-state index contributed by atoms with van der Waals surface area (Å²) in [6.45, 7) is 1.26. The van der Waals surface area contributed by atoms with Crippen LogP contribution in [-0.4, -0.2) is 22.0 Å². The van der Waals surface area contributed by atoms with E-state index in [2.05, 4.69) is 5.32 Å². The molecule has 7 nitrogen and oxygen atoms in total. The van der Waals surface area contributed by atoms with Crippen molar-refractivity contribution in [1.82, 2.24) is 0 Å². The number of carbonyl (C=O) groups is 2. The third-order valence-corrected chi connectivity index (χ3v) is 6.04. The Morgan fingerprint density at radius 1 is 0.868 bits per heavy atom. The van der Waals surface area contributed by atoms with Crippen molar-refractivity contribution in [2.75, 3.05) is 10.6 Å². The summed E-state index contributed by atoms with van der Waals surface area (Å²) < 4.78 is 93.8. The number of anilines is 2. The topological polar surface area (TPSA) is 101 Å². The standard InChI is InChI=1S/C23H14F7N3O4S/c1-10(21(34)32-20-18(26)16(24)15(23(28,29)30)17(25)19(20)27)38-14-8-4-12(5-9-14)31-22(35)11-2-6-13(7-3-11)33(36)37/h2-10H,1H3,(H,31,35)(H,32,34). The minimum atomic E-state index is -5.71. The first-order valence-electron chi connectivity index (χ1n) is 10.3. The molecule has 2 N–H and O–H groups in total. The number of halogens is 7. The van der Waals surface area contributed by atoms with Gasteiger partial charge in [-0.3, -0.25) is 19.7 Å². The first-order valence-corrected chi connectivity index (χ1v) is 11.1. The van der Waals surface area contributed by atoms with Crippen molar-refractivity contribution in [1.29, 1.82) is 0 Å². The molecule has 0 aliphatic heterocycles. The molecule has 0 fully saturated rings. The highest BCUT2D eigenvalue weighted by atomic mass is 32.2. The average molecular weight is 561 g/mol. The van der Waals surface area contributed by atoms with E-state index in [1.54, 1.807) is 5.32 Å². The lowest BCUT2D eigenvalue weighted by molar-refractivity contribution is -0.384. The van der Waals surface area contributed by atoms with Gasteiger partial charge in [-0.25, -0.2) is 17.6 Å². The molecule has 3 rings (SSSR count). The first kappa shape index (κ1) is 28.4. The average Bonchev–Trinajstić information content (AvgIpc) is 2.85. The second-order valence-electron chi connectivity index (χ2n) is 7.54. The van der Waals surface area contributed by atoms with Crippen molar-refractivity contribution < 1.29 is 45.2 Å². The van der Waals surface area contributed by atoms with E-state index in [0.29, 0.717) is 10.6 Å². The van der Waals surface area contributed by atoms with Gasteiger partial charge in [-0.15, -0.1) is 11.8 Å². The number of amides is 2. The molecule has 0 saturated heterocycles. The zero-order valence-corrected chi connectivity index (χ0v) is 19.6. The lowest BCUT2D eigenvalue weighted by atomic mass is 10.1. The number of non-ortho nitro benzene ring substituents is 1. The fourth-order valence-electron chi connectivity index (χ4n) is 3.03. The van der Waals surface area contributed by atoms with Crippen LogP contribution in [0.4, 0.5) is 47.8 Å². The third kappa shape index (κ3) is 6.22. The number of nitrogens with zero attached hydrogens (tertiary/aromatic N) is 1. The van der Waals surface area contributed by atoms with E-state index in [-0.39, 0.29) is 11.3 Å². The zero-order valence-electron chi connectivity index (χ0n) is 18.8. The van der Waals surface area contributed by atoms with Gasteiger partial charge < -0.3 is 10.6 Å². The Morgan fingerprint density at radius 3 is 1.87 bits per heavy atom. The van der Waals surface area contributed by atoms with E-state index in [1.165, 1.54) is 43.3 Å². The second-order valence-corrected chi connectivity index (χ2v) is 8.95. The van der Waals surface area contributed by atoms with Crippen LogP contribution in [0.1, 0.15) is 22.8 Å². The van der Waals surface area contributed by atoms with Gasteiger partial charge in [0.25, 0.3) is 11.6 Å². The monoisotopic (exact) mass is 561 g/mol. The Kier molecular flexibility index (Phi) is 8.29. The summed E-state index contributed by atoms with van der Waals surface area (Å²) >= 11 is 0.826. The lowest BCUT2D eigenvalue weighted by Gasteiger charge is -2.16. The number of nitro groups is 1. The van der Waals surface area contributed by atoms with Gasteiger partial charge in [-0.2, -0.15) is 13.2 Å². The van der Waals surface area contributed by atoms with Crippen LogP contribution in [0, 0.1) is 33.4 Å². The molecule has 0 bridgehead atoms. The molecule has 38 heavy (non-hydrogen) atoms. The highest BCUT2D eigenvalue weighted by Gasteiger charge is 2.42. The normalized spacial score (nSPS) is 12.1. The third-order valence-electron chi connectivity index (χ3n) is 4.93. The van der Waals surface area contributed by atoms with Crippen molar-refractivity contribution in [3.63, 3.8) is 0 Å². The minimum absolute atomic E-state index is 0.148. The molecule has 0 saturated carbocycles. The lowest BCUT2D eigenvalue weighted by Crippen LogP contribution is -2.25. The number of hydrogen-bond acceptors (Lipinski definition) is 5. The van der Waals surface area contributed by atoms with Gasteiger partial charge in [0.1, 0.15) is 11.3 Å². The summed E-state index contributed by atoms with van der Waals surface area (Å²) in [6.07, 6.45) is -5.71. The maximum atomic E-state index is 14.0. The number of thioether (sulfide) groups is 1. The van der Waals surface area contributed by atoms with Crippen LogP contribution in [0.5, 0.6) is 0 Å². The van der Waals surface area contributed by atoms with Crippen LogP contribution < -0.4 is 10.6 Å². The molecule has 200 valence electrons. The number of benzene rings is 3. The Balaban J connectivity index is 1.66. The molecule has 0 spiro atoms. The highest BCUT2D eigenvalue weighted by Crippen LogP contribution is 2.38. The molecule has 1 atom stereocenters. The number of rotatable bonds is 7. The quantitative estimate of drug-likeness (QED) is 0.112. The van der Waals surface area contributed by atoms with Crippen LogP contribution in [0.2, 0.25) is 0 Å². The van der Waals surface area contributed by atoms with Gasteiger partial charge in [0, 0.05) is 28.3 Å². The molecule has 3 aromatic rings. The molecule has 1 unspecified atom stereocenters. The van der Waals surface area contributed by atoms with Gasteiger partial charge >= 0.3 is 6.18 Å². The molecular weight excluding hydrogens is 547 g/mol. The van der Waals surface area contributed by atoms with Gasteiger partial charge in [-0.05, 0) is 43.3 Å². The van der Waals surface area contributed by atoms with Crippen molar-refractivity contribution in [2.45, 2.75) is 23.2 Å². The molecule has 3 aromatic carbocycles. The Morgan fingerprint density at radius 2 is 1.39 bits per heavy atom. The van der Waals surface area contributed by atoms with E-state index < -0.39 is 62.7 Å². The summed E-state index contributed by atoms with van der Waals surface area (Å²) in [4.78, 5) is 35.1. The number of hydrogen-bond donors (Lipinski definition) is 2. The molecule has 15 heteroatoms. The maximum absolute atomic E-state index is 14.0. The summed E-state index contributed by atoms with van der Waals surface area (Å²) in [5.74, 6) is -11.9. The fourth-order valence-corrected chi connectivity index (χ4v) is 3.89. The maximum Gasteiger partial charge on any atom is 0.422 e. The van der Waals surface area contributed by atoms with Gasteiger partial charge in [0.2, 0.25) is 5.91 Å². The second kappa shape index (κ2) is 11.1. The van der Waals surface area contributed by atoms with Crippen molar-refractivity contribution in [2.24, 2.45) is 0 Å². The summed E-state index contributed by atoms with van der Waals surface area (Å²) in [7, 11) is 0. The predicted molar refractivity (Wildman–Crippen MR) is 123 cm³/mol. The van der Waals surface area contributed by atoms with Crippen LogP contribution >= 0.6 is 11.8 Å². The van der Waals surface area contributed by atoms with E-state index in [9.17, 15) is 50.4 Å². The van der Waals surface area contributed by atoms with Crippen molar-refractivity contribution in [3.8, 4) is 0 Å². The Hall–Kier alpha value is -4.14. The fraction of sp³-hybridized carbons (Fsp3) is 0.130. The van der Waals surface area contributed by atoms with E-state index in [0.717, 1.165) is 23.9 Å². The van der Waals surface area contributed by atoms with Gasteiger partial charge in [0.05, 0.1) is 10.2 Å². The molecule has 0 aromatic heterocycles. The Labute approximate surface area is 213 Å². The number of nitrogens with one attached hydrogen (secondary N) is 2. The molecule has 0 heterocycles. The van der Waals surface area contributed by atoms with Crippen molar-refractivity contribution >= 4 is 40.6 Å². The zero-order chi connectivity index (χ0) is 28.4. The van der Waals surface area contributed by atoms with Crippen LogP contribution in [0.3, 0.4) is 0 Å². The van der Waals surface area contributed by atoms with Crippen LogP contribution in [0.15, 0.2) is 53.4 Å². The minimum Gasteiger partial charge on any atom is -0.322 e. The van der Waals surface area contributed by atoms with E-state index in [4.69, 9.17) is 0 Å². The van der Waals surface area contributed by atoms with E-state index in [1.807, 2.05) is 0 Å². The summed E-state index contributed by atoms with van der Waals surface area (Å²) in [5.41, 5.74) is -4.19. The van der Waals surface area contributed by atoms with Crippen LogP contribution in [-0.2, 0) is 11.0 Å². The number of carbonyl (C=O) groups excluding carboxylic acids is 2. The molecular formula is C23H14F7N3O4S. The SMILES string of the molecule is CC(Sc1ccc(NC(=O)c2ccc([N+](=O)[O-])cc2)cc1)C(=O)Nc1c(F)c(F)c(C(F)(F)F)c(F)c1F. The highest BCUT2D eigenvalue weighted by molar-refractivity contribution is 8.00. The molecule has 0 radical (unpaired) electrons. The van der Waals surface area contributed by atoms with Gasteiger partial charge in [-0.1, -0.05) is 0 Å². The summed E-state index contributed by atoms with van der Waals surface area (Å²) in [6, 6.07) is 10.6. The molecule has 0 aliphatic carbocycles.